The number of nitrogens with two attached hydrogens (primary N) is 1. The highest BCUT2D eigenvalue weighted by molar-refractivity contribution is 5.75. The molecule has 90 valence electrons. The van der Waals surface area contributed by atoms with Gasteiger partial charge in [-0.15, -0.1) is 0 Å². The van der Waals surface area contributed by atoms with Crippen LogP contribution in [0.3, 0.4) is 0 Å². The molecule has 0 aliphatic carbocycles. The lowest BCUT2D eigenvalue weighted by molar-refractivity contribution is -0.121. The van der Waals surface area contributed by atoms with Crippen LogP contribution in [-0.2, 0) is 4.79 Å². The summed E-state index contributed by atoms with van der Waals surface area (Å²) in [5.74, 6) is 0.721. The van der Waals surface area contributed by atoms with Crippen molar-refractivity contribution in [1.29, 1.82) is 0 Å². The largest absolute Gasteiger partial charge is 0.356 e. The maximum atomic E-state index is 11.4. The van der Waals surface area contributed by atoms with E-state index in [0.717, 1.165) is 19.4 Å². The third kappa shape index (κ3) is 6.50. The molecule has 0 aromatic carbocycles. The Kier molecular flexibility index (Phi) is 6.57. The van der Waals surface area contributed by atoms with Crippen molar-refractivity contribution in [1.82, 2.24) is 5.32 Å². The Hall–Kier alpha value is -0.570. The molecule has 0 unspecified atom stereocenters. The molecule has 0 aromatic rings. The van der Waals surface area contributed by atoms with E-state index >= 15 is 0 Å². The molecule has 3 N–H and O–H groups in total. The standard InChI is InChI=1S/C12H26N2O/c1-10(2)12(3,4)9-14-11(15)7-5-6-8-13/h10H,5-9,13H2,1-4H3,(H,14,15). The van der Waals surface area contributed by atoms with Gasteiger partial charge in [-0.2, -0.15) is 0 Å². The van der Waals surface area contributed by atoms with Gasteiger partial charge in [-0.1, -0.05) is 27.7 Å². The Morgan fingerprint density at radius 2 is 1.93 bits per heavy atom. The van der Waals surface area contributed by atoms with E-state index in [2.05, 4.69) is 33.0 Å². The summed E-state index contributed by atoms with van der Waals surface area (Å²) in [7, 11) is 0. The minimum atomic E-state index is 0.150. The third-order valence-corrected chi connectivity index (χ3v) is 3.16. The lowest BCUT2D eigenvalue weighted by Crippen LogP contribution is -2.36. The van der Waals surface area contributed by atoms with Crippen molar-refractivity contribution >= 4 is 5.91 Å². The number of amides is 1. The highest BCUT2D eigenvalue weighted by Gasteiger charge is 2.22. The van der Waals surface area contributed by atoms with E-state index < -0.39 is 0 Å². The van der Waals surface area contributed by atoms with Crippen LogP contribution in [0.1, 0.15) is 47.0 Å². The van der Waals surface area contributed by atoms with Crippen molar-refractivity contribution < 1.29 is 4.79 Å². The lowest BCUT2D eigenvalue weighted by atomic mass is 9.81. The molecule has 0 atom stereocenters. The molecule has 3 nitrogen and oxygen atoms in total. The van der Waals surface area contributed by atoms with E-state index in [4.69, 9.17) is 5.73 Å². The molecule has 15 heavy (non-hydrogen) atoms. The Bertz CT molecular complexity index is 188. The minimum Gasteiger partial charge on any atom is -0.356 e. The van der Waals surface area contributed by atoms with Gasteiger partial charge in [-0.05, 0) is 30.7 Å². The van der Waals surface area contributed by atoms with Crippen molar-refractivity contribution in [2.75, 3.05) is 13.1 Å². The van der Waals surface area contributed by atoms with Crippen molar-refractivity contribution in [3.63, 3.8) is 0 Å². The zero-order valence-corrected chi connectivity index (χ0v) is 10.6. The number of hydrogen-bond acceptors (Lipinski definition) is 2. The van der Waals surface area contributed by atoms with Gasteiger partial charge in [-0.3, -0.25) is 4.79 Å². The van der Waals surface area contributed by atoms with Crippen LogP contribution in [0.15, 0.2) is 0 Å². The van der Waals surface area contributed by atoms with Gasteiger partial charge < -0.3 is 11.1 Å². The number of nitrogens with one attached hydrogen (secondary N) is 1. The molecule has 3 heteroatoms. The molecular formula is C12H26N2O. The summed E-state index contributed by atoms with van der Waals surface area (Å²) in [6.07, 6.45) is 2.43. The molecule has 0 aliphatic heterocycles. The van der Waals surface area contributed by atoms with Gasteiger partial charge in [0.05, 0.1) is 0 Å². The van der Waals surface area contributed by atoms with Crippen LogP contribution in [-0.4, -0.2) is 19.0 Å². The van der Waals surface area contributed by atoms with Gasteiger partial charge in [0.1, 0.15) is 0 Å². The van der Waals surface area contributed by atoms with Crippen LogP contribution < -0.4 is 11.1 Å². The summed E-state index contributed by atoms with van der Waals surface area (Å²) >= 11 is 0. The summed E-state index contributed by atoms with van der Waals surface area (Å²) in [6.45, 7) is 10.1. The van der Waals surface area contributed by atoms with E-state index in [0.29, 0.717) is 18.9 Å². The minimum absolute atomic E-state index is 0.150. The first-order chi connectivity index (χ1) is 6.90. The van der Waals surface area contributed by atoms with Crippen LogP contribution >= 0.6 is 0 Å². The summed E-state index contributed by atoms with van der Waals surface area (Å²) in [6, 6.07) is 0. The first kappa shape index (κ1) is 14.4. The van der Waals surface area contributed by atoms with Crippen LogP contribution in [0.5, 0.6) is 0 Å². The van der Waals surface area contributed by atoms with Crippen molar-refractivity contribution in [3.8, 4) is 0 Å². The fourth-order valence-electron chi connectivity index (χ4n) is 1.05. The molecule has 0 heterocycles. The van der Waals surface area contributed by atoms with Crippen LogP contribution in [0.4, 0.5) is 0 Å². The lowest BCUT2D eigenvalue weighted by Gasteiger charge is -2.29. The predicted octanol–water partition coefficient (Wildman–Crippen LogP) is 1.91. The van der Waals surface area contributed by atoms with Crippen LogP contribution in [0.2, 0.25) is 0 Å². The molecular weight excluding hydrogens is 188 g/mol. The third-order valence-electron chi connectivity index (χ3n) is 3.16. The second kappa shape index (κ2) is 6.83. The van der Waals surface area contributed by atoms with Crippen LogP contribution in [0.25, 0.3) is 0 Å². The van der Waals surface area contributed by atoms with Gasteiger partial charge in [0.2, 0.25) is 5.91 Å². The second-order valence-corrected chi connectivity index (χ2v) is 5.17. The van der Waals surface area contributed by atoms with E-state index in [1.165, 1.54) is 0 Å². The van der Waals surface area contributed by atoms with Gasteiger partial charge in [0.15, 0.2) is 0 Å². The summed E-state index contributed by atoms with van der Waals surface area (Å²) < 4.78 is 0. The fourth-order valence-corrected chi connectivity index (χ4v) is 1.05. The van der Waals surface area contributed by atoms with Crippen molar-refractivity contribution in [2.45, 2.75) is 47.0 Å². The average molecular weight is 214 g/mol. The molecule has 1 amide bonds. The first-order valence-corrected chi connectivity index (χ1v) is 5.87. The number of carbonyl (C=O) groups excluding carboxylic acids is 1. The van der Waals surface area contributed by atoms with E-state index in [9.17, 15) is 4.79 Å². The number of rotatable bonds is 7. The molecule has 0 aliphatic rings. The van der Waals surface area contributed by atoms with E-state index in [1.54, 1.807) is 0 Å². The van der Waals surface area contributed by atoms with Crippen molar-refractivity contribution in [2.24, 2.45) is 17.1 Å². The predicted molar refractivity (Wildman–Crippen MR) is 64.5 cm³/mol. The van der Waals surface area contributed by atoms with Gasteiger partial charge in [0, 0.05) is 13.0 Å². The Labute approximate surface area is 93.8 Å². The first-order valence-electron chi connectivity index (χ1n) is 5.87. The molecule has 0 bridgehead atoms. The number of unbranched alkanes of at least 4 members (excludes halogenated alkanes) is 1. The topological polar surface area (TPSA) is 55.1 Å². The average Bonchev–Trinajstić information content (AvgIpc) is 2.15. The van der Waals surface area contributed by atoms with Crippen molar-refractivity contribution in [3.05, 3.63) is 0 Å². The van der Waals surface area contributed by atoms with E-state index in [-0.39, 0.29) is 11.3 Å². The van der Waals surface area contributed by atoms with Gasteiger partial charge in [0.25, 0.3) is 0 Å². The zero-order valence-electron chi connectivity index (χ0n) is 10.6. The fraction of sp³-hybridized carbons (Fsp3) is 0.917. The highest BCUT2D eigenvalue weighted by atomic mass is 16.1. The smallest absolute Gasteiger partial charge is 0.220 e. The van der Waals surface area contributed by atoms with Crippen LogP contribution in [0, 0.1) is 11.3 Å². The van der Waals surface area contributed by atoms with E-state index in [1.807, 2.05) is 0 Å². The quantitative estimate of drug-likeness (QED) is 0.636. The number of hydrogen-bond donors (Lipinski definition) is 2. The molecule has 0 radical (unpaired) electrons. The Morgan fingerprint density at radius 3 is 2.40 bits per heavy atom. The second-order valence-electron chi connectivity index (χ2n) is 5.17. The van der Waals surface area contributed by atoms with Gasteiger partial charge in [-0.25, -0.2) is 0 Å². The summed E-state index contributed by atoms with van der Waals surface area (Å²) in [5, 5.41) is 2.98. The zero-order chi connectivity index (χ0) is 11.9. The number of carbonyl (C=O) groups is 1. The monoisotopic (exact) mass is 214 g/mol. The molecule has 0 aromatic heterocycles. The summed E-state index contributed by atoms with van der Waals surface area (Å²) in [5.41, 5.74) is 5.54. The normalized spacial score (nSPS) is 11.9. The highest BCUT2D eigenvalue weighted by Crippen LogP contribution is 2.24. The molecule has 0 spiro atoms. The van der Waals surface area contributed by atoms with Gasteiger partial charge >= 0.3 is 0 Å². The molecule has 0 saturated carbocycles. The summed E-state index contributed by atoms with van der Waals surface area (Å²) in [4.78, 5) is 11.4. The SMILES string of the molecule is CC(C)C(C)(C)CNC(=O)CCCCN. The molecule has 0 fully saturated rings. The maximum Gasteiger partial charge on any atom is 0.220 e. The molecule has 0 rings (SSSR count). The Balaban J connectivity index is 3.71. The Morgan fingerprint density at radius 1 is 1.33 bits per heavy atom. The molecule has 0 saturated heterocycles. The maximum absolute atomic E-state index is 11.4.